The van der Waals surface area contributed by atoms with E-state index in [2.05, 4.69) is 5.32 Å². The summed E-state index contributed by atoms with van der Waals surface area (Å²) in [5.74, 6) is -0.0309. The summed E-state index contributed by atoms with van der Waals surface area (Å²) < 4.78 is 27.1. The summed E-state index contributed by atoms with van der Waals surface area (Å²) in [4.78, 5) is 11.6. The molecule has 0 saturated heterocycles. The predicted molar refractivity (Wildman–Crippen MR) is 75.6 cm³/mol. The summed E-state index contributed by atoms with van der Waals surface area (Å²) in [7, 11) is -2.04. The highest BCUT2D eigenvalue weighted by molar-refractivity contribution is 7.89. The number of rotatable bonds is 8. The lowest BCUT2D eigenvalue weighted by Crippen LogP contribution is -2.25. The van der Waals surface area contributed by atoms with E-state index in [9.17, 15) is 13.2 Å². The van der Waals surface area contributed by atoms with Gasteiger partial charge in [0.25, 0.3) is 0 Å². The molecule has 0 bridgehead atoms. The van der Waals surface area contributed by atoms with Crippen LogP contribution < -0.4 is 10.5 Å². The fraction of sp³-hybridized carbons (Fsp3) is 0.462. The molecule has 1 aromatic carbocycles. The van der Waals surface area contributed by atoms with Crippen molar-refractivity contribution in [2.24, 2.45) is 5.14 Å². The van der Waals surface area contributed by atoms with Gasteiger partial charge in [-0.2, -0.15) is 0 Å². The van der Waals surface area contributed by atoms with E-state index in [1.807, 2.05) is 0 Å². The Kier molecular flexibility index (Phi) is 6.63. The number of primary sulfonamides is 1. The van der Waals surface area contributed by atoms with Crippen molar-refractivity contribution in [3.8, 4) is 0 Å². The van der Waals surface area contributed by atoms with Crippen molar-refractivity contribution in [1.82, 2.24) is 5.32 Å². The van der Waals surface area contributed by atoms with Gasteiger partial charge in [-0.25, -0.2) is 13.6 Å². The second-order valence-corrected chi connectivity index (χ2v) is 5.95. The van der Waals surface area contributed by atoms with Crippen molar-refractivity contribution in [2.75, 3.05) is 20.3 Å². The van der Waals surface area contributed by atoms with Gasteiger partial charge in [0.05, 0.1) is 4.90 Å². The number of carbonyl (C=O) groups is 1. The molecule has 0 aromatic heterocycles. The molecule has 0 aliphatic carbocycles. The molecule has 6 nitrogen and oxygen atoms in total. The summed E-state index contributed by atoms with van der Waals surface area (Å²) in [5.41, 5.74) is 0.893. The fourth-order valence-corrected chi connectivity index (χ4v) is 2.15. The van der Waals surface area contributed by atoms with Crippen LogP contribution in [-0.4, -0.2) is 34.6 Å². The zero-order chi connectivity index (χ0) is 15.0. The highest BCUT2D eigenvalue weighted by atomic mass is 32.2. The number of ether oxygens (including phenoxy) is 1. The van der Waals surface area contributed by atoms with Gasteiger partial charge in [0, 0.05) is 26.7 Å². The quantitative estimate of drug-likeness (QED) is 0.680. The molecule has 0 fully saturated rings. The second-order valence-electron chi connectivity index (χ2n) is 4.39. The smallest absolute Gasteiger partial charge is 0.238 e. The second kappa shape index (κ2) is 7.98. The van der Waals surface area contributed by atoms with Crippen LogP contribution in [0, 0.1) is 0 Å². The van der Waals surface area contributed by atoms with Crippen LogP contribution in [0.2, 0.25) is 0 Å². The minimum absolute atomic E-state index is 0.0309. The third-order valence-corrected chi connectivity index (χ3v) is 3.67. The highest BCUT2D eigenvalue weighted by Gasteiger charge is 2.07. The van der Waals surface area contributed by atoms with Gasteiger partial charge in [-0.05, 0) is 30.5 Å². The van der Waals surface area contributed by atoms with Crippen molar-refractivity contribution in [3.63, 3.8) is 0 Å². The molecule has 112 valence electrons. The van der Waals surface area contributed by atoms with Gasteiger partial charge in [-0.1, -0.05) is 12.1 Å². The van der Waals surface area contributed by atoms with Crippen molar-refractivity contribution < 1.29 is 17.9 Å². The largest absolute Gasteiger partial charge is 0.385 e. The Hall–Kier alpha value is -1.44. The van der Waals surface area contributed by atoms with Gasteiger partial charge in [-0.15, -0.1) is 0 Å². The first kappa shape index (κ1) is 16.6. The molecule has 1 rings (SSSR count). The number of nitrogens with two attached hydrogens (primary N) is 1. The summed E-state index contributed by atoms with van der Waals surface area (Å²) in [6, 6.07) is 6.22. The molecule has 1 aromatic rings. The van der Waals surface area contributed by atoms with Crippen LogP contribution in [0.5, 0.6) is 0 Å². The van der Waals surface area contributed by atoms with Gasteiger partial charge in [0.1, 0.15) is 0 Å². The molecule has 0 radical (unpaired) electrons. The molecular weight excluding hydrogens is 280 g/mol. The van der Waals surface area contributed by atoms with Crippen LogP contribution in [0.3, 0.4) is 0 Å². The van der Waals surface area contributed by atoms with Crippen molar-refractivity contribution in [3.05, 3.63) is 29.8 Å². The highest BCUT2D eigenvalue weighted by Crippen LogP contribution is 2.10. The lowest BCUT2D eigenvalue weighted by molar-refractivity contribution is -0.121. The molecule has 0 aliphatic heterocycles. The average Bonchev–Trinajstić information content (AvgIpc) is 2.41. The van der Waals surface area contributed by atoms with Crippen LogP contribution in [-0.2, 0) is 26.0 Å². The Morgan fingerprint density at radius 3 is 2.50 bits per heavy atom. The SMILES string of the molecule is COCCCNC(=O)CCc1ccc(S(N)(=O)=O)cc1. The molecule has 0 heterocycles. The van der Waals surface area contributed by atoms with Crippen molar-refractivity contribution in [1.29, 1.82) is 0 Å². The monoisotopic (exact) mass is 300 g/mol. The predicted octanol–water partition coefficient (Wildman–Crippen LogP) is 0.419. The van der Waals surface area contributed by atoms with E-state index in [0.29, 0.717) is 26.0 Å². The first-order valence-corrected chi connectivity index (χ1v) is 7.85. The first-order valence-electron chi connectivity index (χ1n) is 6.31. The first-order chi connectivity index (χ1) is 9.43. The fourth-order valence-electron chi connectivity index (χ4n) is 1.64. The maximum absolute atomic E-state index is 11.5. The molecule has 3 N–H and O–H groups in total. The van der Waals surface area contributed by atoms with Crippen LogP contribution in [0.15, 0.2) is 29.2 Å². The molecule has 0 atom stereocenters. The maximum Gasteiger partial charge on any atom is 0.238 e. The Morgan fingerprint density at radius 2 is 1.95 bits per heavy atom. The van der Waals surface area contributed by atoms with Gasteiger partial charge in [0.2, 0.25) is 15.9 Å². The van der Waals surface area contributed by atoms with Crippen LogP contribution in [0.25, 0.3) is 0 Å². The summed E-state index contributed by atoms with van der Waals surface area (Å²) in [6.45, 7) is 1.21. The number of sulfonamides is 1. The van der Waals surface area contributed by atoms with E-state index in [0.717, 1.165) is 12.0 Å². The van der Waals surface area contributed by atoms with Crippen LogP contribution in [0.4, 0.5) is 0 Å². The van der Waals surface area contributed by atoms with E-state index >= 15 is 0 Å². The number of amides is 1. The zero-order valence-electron chi connectivity index (χ0n) is 11.5. The minimum Gasteiger partial charge on any atom is -0.385 e. The van der Waals surface area contributed by atoms with E-state index in [1.54, 1.807) is 19.2 Å². The molecule has 1 amide bonds. The Morgan fingerprint density at radius 1 is 1.30 bits per heavy atom. The standard InChI is InChI=1S/C13H20N2O4S/c1-19-10-2-9-15-13(16)8-5-11-3-6-12(7-4-11)20(14,17)18/h3-4,6-7H,2,5,8-10H2,1H3,(H,15,16)(H2,14,17,18). The average molecular weight is 300 g/mol. The van der Waals surface area contributed by atoms with Crippen LogP contribution >= 0.6 is 0 Å². The van der Waals surface area contributed by atoms with Crippen molar-refractivity contribution in [2.45, 2.75) is 24.2 Å². The number of carbonyl (C=O) groups excluding carboxylic acids is 1. The summed E-state index contributed by atoms with van der Waals surface area (Å²) in [6.07, 6.45) is 1.70. The van der Waals surface area contributed by atoms with E-state index in [-0.39, 0.29) is 10.8 Å². The Labute approximate surface area is 119 Å². The number of hydrogen-bond acceptors (Lipinski definition) is 4. The van der Waals surface area contributed by atoms with Gasteiger partial charge >= 0.3 is 0 Å². The van der Waals surface area contributed by atoms with E-state index in [1.165, 1.54) is 12.1 Å². The Balaban J connectivity index is 2.37. The van der Waals surface area contributed by atoms with E-state index in [4.69, 9.17) is 9.88 Å². The van der Waals surface area contributed by atoms with E-state index < -0.39 is 10.0 Å². The maximum atomic E-state index is 11.5. The minimum atomic E-state index is -3.66. The lowest BCUT2D eigenvalue weighted by Gasteiger charge is -2.05. The number of methoxy groups -OCH3 is 1. The number of aryl methyl sites for hydroxylation is 1. The topological polar surface area (TPSA) is 98.5 Å². The normalized spacial score (nSPS) is 11.3. The van der Waals surface area contributed by atoms with Gasteiger partial charge < -0.3 is 10.1 Å². The van der Waals surface area contributed by atoms with Gasteiger partial charge in [-0.3, -0.25) is 4.79 Å². The zero-order valence-corrected chi connectivity index (χ0v) is 12.3. The number of nitrogens with one attached hydrogen (secondary N) is 1. The number of hydrogen-bond donors (Lipinski definition) is 2. The Bertz CT molecular complexity index is 526. The third-order valence-electron chi connectivity index (χ3n) is 2.74. The molecule has 20 heavy (non-hydrogen) atoms. The summed E-state index contributed by atoms with van der Waals surface area (Å²) in [5, 5.41) is 7.79. The molecule has 0 spiro atoms. The molecular formula is C13H20N2O4S. The third kappa shape index (κ3) is 6.14. The van der Waals surface area contributed by atoms with Crippen molar-refractivity contribution >= 4 is 15.9 Å². The molecule has 0 aliphatic rings. The molecule has 0 unspecified atom stereocenters. The lowest BCUT2D eigenvalue weighted by atomic mass is 10.1. The molecule has 0 saturated carbocycles. The molecule has 7 heteroatoms. The van der Waals surface area contributed by atoms with Gasteiger partial charge in [0.15, 0.2) is 0 Å². The summed E-state index contributed by atoms with van der Waals surface area (Å²) >= 11 is 0. The van der Waals surface area contributed by atoms with Crippen LogP contribution in [0.1, 0.15) is 18.4 Å². The number of benzene rings is 1.